The van der Waals surface area contributed by atoms with E-state index in [1.807, 2.05) is 4.90 Å². The summed E-state index contributed by atoms with van der Waals surface area (Å²) in [5.74, 6) is 1.18. The second-order valence-corrected chi connectivity index (χ2v) is 7.49. The van der Waals surface area contributed by atoms with Gasteiger partial charge in [0.1, 0.15) is 29.3 Å². The quantitative estimate of drug-likeness (QED) is 0.744. The fourth-order valence-electron chi connectivity index (χ4n) is 4.06. The van der Waals surface area contributed by atoms with E-state index in [0.717, 1.165) is 18.8 Å². The molecule has 1 aromatic carbocycles. The van der Waals surface area contributed by atoms with Crippen molar-refractivity contribution in [3.8, 4) is 11.5 Å². The van der Waals surface area contributed by atoms with Crippen LogP contribution in [0.25, 0.3) is 0 Å². The maximum Gasteiger partial charge on any atom is 0.433 e. The van der Waals surface area contributed by atoms with Gasteiger partial charge in [-0.05, 0) is 18.6 Å². The molecule has 1 amide bonds. The number of benzene rings is 1. The number of hydrogen-bond acceptors (Lipinski definition) is 7. The Kier molecular flexibility index (Phi) is 5.61. The van der Waals surface area contributed by atoms with E-state index in [9.17, 15) is 18.0 Å². The van der Waals surface area contributed by atoms with Crippen LogP contribution in [0.5, 0.6) is 11.5 Å². The molecule has 11 heteroatoms. The molecular formula is C20H22F3N5O3. The summed E-state index contributed by atoms with van der Waals surface area (Å²) in [7, 11) is 3.06. The summed E-state index contributed by atoms with van der Waals surface area (Å²) >= 11 is 0. The average Bonchev–Trinajstić information content (AvgIpc) is 2.77. The summed E-state index contributed by atoms with van der Waals surface area (Å²) in [5.41, 5.74) is -0.414. The number of aromatic nitrogens is 2. The number of nitrogens with zero attached hydrogens (tertiary/aromatic N) is 4. The van der Waals surface area contributed by atoms with E-state index in [1.54, 1.807) is 25.3 Å². The number of alkyl halides is 3. The number of nitrogens with one attached hydrogen (secondary N) is 1. The van der Waals surface area contributed by atoms with Crippen LogP contribution < -0.4 is 19.7 Å². The molecule has 3 fully saturated rings. The second-order valence-electron chi connectivity index (χ2n) is 7.49. The number of piperidine rings is 1. The Bertz CT molecular complexity index is 959. The first-order valence-electron chi connectivity index (χ1n) is 9.70. The lowest BCUT2D eigenvalue weighted by atomic mass is 9.87. The number of amides is 1. The highest BCUT2D eigenvalue weighted by molar-refractivity contribution is 5.94. The Morgan fingerprint density at radius 3 is 2.55 bits per heavy atom. The van der Waals surface area contributed by atoms with E-state index >= 15 is 0 Å². The van der Waals surface area contributed by atoms with Gasteiger partial charge in [-0.3, -0.25) is 9.69 Å². The second kappa shape index (κ2) is 8.22. The Labute approximate surface area is 177 Å². The van der Waals surface area contributed by atoms with Crippen LogP contribution in [0, 0.1) is 0 Å². The summed E-state index contributed by atoms with van der Waals surface area (Å²) in [4.78, 5) is 23.8. The van der Waals surface area contributed by atoms with Gasteiger partial charge in [-0.1, -0.05) is 0 Å². The first-order valence-corrected chi connectivity index (χ1v) is 9.70. The van der Waals surface area contributed by atoms with Gasteiger partial charge in [0.15, 0.2) is 0 Å². The molecule has 4 heterocycles. The molecule has 0 radical (unpaired) electrons. The number of carbonyl (C=O) groups is 1. The van der Waals surface area contributed by atoms with Gasteiger partial charge in [-0.25, -0.2) is 9.97 Å². The number of anilines is 2. The largest absolute Gasteiger partial charge is 0.497 e. The lowest BCUT2D eigenvalue weighted by molar-refractivity contribution is -0.141. The monoisotopic (exact) mass is 437 g/mol. The highest BCUT2D eigenvalue weighted by Crippen LogP contribution is 2.36. The number of fused-ring (bicyclic) bond motifs is 2. The molecule has 0 saturated carbocycles. The number of rotatable bonds is 6. The average molecular weight is 437 g/mol. The molecule has 3 saturated heterocycles. The number of methoxy groups -OCH3 is 2. The smallest absolute Gasteiger partial charge is 0.433 e. The molecule has 3 aliphatic rings. The summed E-state index contributed by atoms with van der Waals surface area (Å²) in [6.45, 7) is 1.20. The molecule has 2 unspecified atom stereocenters. The fraction of sp³-hybridized carbons (Fsp3) is 0.450. The zero-order chi connectivity index (χ0) is 22.2. The highest BCUT2D eigenvalue weighted by Gasteiger charge is 2.46. The van der Waals surface area contributed by atoms with Crippen LogP contribution >= 0.6 is 0 Å². The predicted molar refractivity (Wildman–Crippen MR) is 106 cm³/mol. The van der Waals surface area contributed by atoms with Crippen molar-refractivity contribution in [1.29, 1.82) is 0 Å². The van der Waals surface area contributed by atoms with Crippen molar-refractivity contribution < 1.29 is 27.4 Å². The van der Waals surface area contributed by atoms with Gasteiger partial charge in [0.2, 0.25) is 5.91 Å². The van der Waals surface area contributed by atoms with Gasteiger partial charge >= 0.3 is 6.18 Å². The molecular weight excluding hydrogens is 415 g/mol. The number of hydrogen-bond donors (Lipinski definition) is 1. The summed E-state index contributed by atoms with van der Waals surface area (Å²) in [5, 5.41) is 2.85. The Balaban J connectivity index is 1.37. The lowest BCUT2D eigenvalue weighted by Crippen LogP contribution is -2.69. The normalized spacial score (nSPS) is 20.7. The third kappa shape index (κ3) is 4.36. The predicted octanol–water partition coefficient (Wildman–Crippen LogP) is 2.41. The minimum absolute atomic E-state index is 0.0755. The van der Waals surface area contributed by atoms with Crippen LogP contribution in [0.2, 0.25) is 0 Å². The zero-order valence-electron chi connectivity index (χ0n) is 17.0. The van der Waals surface area contributed by atoms with Crippen LogP contribution in [-0.2, 0) is 11.0 Å². The van der Waals surface area contributed by atoms with Crippen LogP contribution in [-0.4, -0.2) is 66.7 Å². The summed E-state index contributed by atoms with van der Waals surface area (Å²) in [6, 6.07) is 6.24. The third-order valence-corrected chi connectivity index (χ3v) is 5.62. The van der Waals surface area contributed by atoms with Crippen molar-refractivity contribution in [2.24, 2.45) is 0 Å². The van der Waals surface area contributed by atoms with E-state index in [1.165, 1.54) is 7.11 Å². The van der Waals surface area contributed by atoms with Crippen molar-refractivity contribution in [2.75, 3.05) is 44.1 Å². The highest BCUT2D eigenvalue weighted by atomic mass is 19.4. The molecule has 5 rings (SSSR count). The molecule has 8 nitrogen and oxygen atoms in total. The molecule has 166 valence electrons. The summed E-state index contributed by atoms with van der Waals surface area (Å²) in [6.07, 6.45) is -2.68. The van der Waals surface area contributed by atoms with Crippen LogP contribution in [0.15, 0.2) is 30.6 Å². The van der Waals surface area contributed by atoms with Crippen LogP contribution in [0.4, 0.5) is 24.7 Å². The molecule has 31 heavy (non-hydrogen) atoms. The Morgan fingerprint density at radius 2 is 1.90 bits per heavy atom. The van der Waals surface area contributed by atoms with Gasteiger partial charge < -0.3 is 19.7 Å². The van der Waals surface area contributed by atoms with Gasteiger partial charge in [0.25, 0.3) is 0 Å². The van der Waals surface area contributed by atoms with E-state index in [0.29, 0.717) is 30.3 Å². The number of carbonyl (C=O) groups excluding carboxylic acids is 1. The van der Waals surface area contributed by atoms with E-state index in [2.05, 4.69) is 20.2 Å². The van der Waals surface area contributed by atoms with Gasteiger partial charge in [0, 0.05) is 37.3 Å². The van der Waals surface area contributed by atoms with Crippen molar-refractivity contribution in [2.45, 2.75) is 24.7 Å². The van der Waals surface area contributed by atoms with Gasteiger partial charge in [0.05, 0.1) is 26.5 Å². The summed E-state index contributed by atoms with van der Waals surface area (Å²) < 4.78 is 49.2. The molecule has 1 aromatic heterocycles. The first kappa shape index (κ1) is 21.2. The minimum Gasteiger partial charge on any atom is -0.497 e. The van der Waals surface area contributed by atoms with Crippen molar-refractivity contribution in [3.63, 3.8) is 0 Å². The molecule has 2 atom stereocenters. The first-order chi connectivity index (χ1) is 14.8. The molecule has 0 aliphatic carbocycles. The maximum atomic E-state index is 12.9. The van der Waals surface area contributed by atoms with E-state index in [4.69, 9.17) is 9.47 Å². The standard InChI is InChI=1S/C20H22F3N5O3/c1-30-14-3-4-15(16(6-14)31-2)26-19(29)10-28-12-5-13(28)9-27(8-12)18-7-17(20(21,22)23)24-11-25-18/h3-4,6-7,11-13H,5,8-10H2,1-2H3,(H,26,29). The lowest BCUT2D eigenvalue weighted by Gasteiger charge is -2.56. The topological polar surface area (TPSA) is 79.8 Å². The minimum atomic E-state index is -4.51. The molecule has 2 bridgehead atoms. The fourth-order valence-corrected chi connectivity index (χ4v) is 4.06. The van der Waals surface area contributed by atoms with Crippen molar-refractivity contribution in [3.05, 3.63) is 36.3 Å². The molecule has 3 aliphatic heterocycles. The molecule has 1 N–H and O–H groups in total. The van der Waals surface area contributed by atoms with Gasteiger partial charge in [-0.2, -0.15) is 13.2 Å². The Morgan fingerprint density at radius 1 is 1.16 bits per heavy atom. The number of halogens is 3. The van der Waals surface area contributed by atoms with Crippen LogP contribution in [0.3, 0.4) is 0 Å². The maximum absolute atomic E-state index is 12.9. The Hall–Kier alpha value is -3.08. The zero-order valence-corrected chi connectivity index (χ0v) is 17.0. The number of piperazine rings is 1. The van der Waals surface area contributed by atoms with Crippen molar-refractivity contribution >= 4 is 17.4 Å². The van der Waals surface area contributed by atoms with Gasteiger partial charge in [-0.15, -0.1) is 0 Å². The number of ether oxygens (including phenoxy) is 2. The molecule has 0 spiro atoms. The molecule has 2 aromatic rings. The SMILES string of the molecule is COc1ccc(NC(=O)CN2C3CC2CN(c2cc(C(F)(F)F)ncn2)C3)c(OC)c1. The third-order valence-electron chi connectivity index (χ3n) is 5.62. The van der Waals surface area contributed by atoms with Crippen molar-refractivity contribution in [1.82, 2.24) is 14.9 Å². The van der Waals surface area contributed by atoms with E-state index in [-0.39, 0.29) is 30.4 Å². The van der Waals surface area contributed by atoms with Crippen LogP contribution in [0.1, 0.15) is 12.1 Å². The van der Waals surface area contributed by atoms with E-state index < -0.39 is 11.9 Å².